The molecular weight excluding hydrogens is 337 g/mol. The molecule has 26 heavy (non-hydrogen) atoms. The Hall–Kier alpha value is -2.68. The van der Waals surface area contributed by atoms with Crippen molar-refractivity contribution in [3.05, 3.63) is 53.2 Å². The lowest BCUT2D eigenvalue weighted by atomic mass is 9.98. The third kappa shape index (κ3) is 3.10. The van der Waals surface area contributed by atoms with Gasteiger partial charge < -0.3 is 10.3 Å². The number of hydrogen-bond donors (Lipinski definition) is 1. The number of tetrazole rings is 1. The highest BCUT2D eigenvalue weighted by Crippen LogP contribution is 2.35. The first kappa shape index (κ1) is 16.8. The van der Waals surface area contributed by atoms with Crippen LogP contribution in [-0.4, -0.2) is 30.3 Å². The van der Waals surface area contributed by atoms with Crippen molar-refractivity contribution in [2.45, 2.75) is 50.6 Å². The molecule has 1 unspecified atom stereocenters. The maximum Gasteiger partial charge on any atom is 0.252 e. The predicted molar refractivity (Wildman–Crippen MR) is 89.4 cm³/mol. The van der Waals surface area contributed by atoms with Gasteiger partial charge in [-0.15, -0.1) is 5.10 Å². The van der Waals surface area contributed by atoms with Crippen LogP contribution in [0.5, 0.6) is 0 Å². The van der Waals surface area contributed by atoms with Crippen molar-refractivity contribution < 1.29 is 8.91 Å². The summed E-state index contributed by atoms with van der Waals surface area (Å²) in [7, 11) is 0. The van der Waals surface area contributed by atoms with Crippen LogP contribution in [0.2, 0.25) is 0 Å². The Morgan fingerprint density at radius 1 is 1.35 bits per heavy atom. The molecule has 1 fully saturated rings. The predicted octanol–water partition coefficient (Wildman–Crippen LogP) is 2.06. The molecule has 136 valence electrons. The molecule has 2 aromatic heterocycles. The van der Waals surface area contributed by atoms with Gasteiger partial charge in [-0.1, -0.05) is 30.1 Å². The first-order valence-electron chi connectivity index (χ1n) is 8.67. The van der Waals surface area contributed by atoms with E-state index in [1.807, 2.05) is 6.07 Å². The van der Waals surface area contributed by atoms with Gasteiger partial charge in [0.2, 0.25) is 0 Å². The zero-order chi connectivity index (χ0) is 18.1. The maximum absolute atomic E-state index is 13.6. The number of nitrogens with zero attached hydrogens (tertiary/aromatic N) is 6. The van der Waals surface area contributed by atoms with Crippen molar-refractivity contribution in [2.24, 2.45) is 5.73 Å². The summed E-state index contributed by atoms with van der Waals surface area (Å²) in [6, 6.07) is 5.96. The van der Waals surface area contributed by atoms with E-state index in [2.05, 4.69) is 25.7 Å². The van der Waals surface area contributed by atoms with Gasteiger partial charge in [0, 0.05) is 6.42 Å². The molecule has 1 saturated carbocycles. The summed E-state index contributed by atoms with van der Waals surface area (Å²) in [5.41, 5.74) is 6.68. The highest BCUT2D eigenvalue weighted by atomic mass is 19.1. The summed E-state index contributed by atoms with van der Waals surface area (Å²) in [5, 5.41) is 15.8. The molecule has 2 N–H and O–H groups in total. The van der Waals surface area contributed by atoms with Crippen LogP contribution in [0.1, 0.15) is 54.8 Å². The van der Waals surface area contributed by atoms with Gasteiger partial charge in [-0.3, -0.25) is 0 Å². The van der Waals surface area contributed by atoms with Crippen LogP contribution < -0.4 is 5.73 Å². The fourth-order valence-electron chi connectivity index (χ4n) is 3.49. The minimum absolute atomic E-state index is 0.298. The number of aryl methyl sites for hydroxylation is 1. The van der Waals surface area contributed by atoms with Crippen molar-refractivity contribution in [2.75, 3.05) is 0 Å². The van der Waals surface area contributed by atoms with Gasteiger partial charge in [-0.25, -0.2) is 9.07 Å². The van der Waals surface area contributed by atoms with Gasteiger partial charge >= 0.3 is 0 Å². The largest absolute Gasteiger partial charge is 0.337 e. The molecule has 1 aliphatic rings. The molecule has 4 rings (SSSR count). The van der Waals surface area contributed by atoms with Gasteiger partial charge in [-0.05, 0) is 47.9 Å². The molecule has 2 heterocycles. The third-order valence-electron chi connectivity index (χ3n) is 4.94. The van der Waals surface area contributed by atoms with Gasteiger partial charge in [-0.2, -0.15) is 4.98 Å². The lowest BCUT2D eigenvalue weighted by Crippen LogP contribution is -2.34. The van der Waals surface area contributed by atoms with E-state index < -0.39 is 11.6 Å². The van der Waals surface area contributed by atoms with E-state index in [1.54, 1.807) is 17.7 Å². The number of rotatable bonds is 5. The smallest absolute Gasteiger partial charge is 0.252 e. The van der Waals surface area contributed by atoms with Crippen molar-refractivity contribution in [3.8, 4) is 0 Å². The zero-order valence-corrected chi connectivity index (χ0v) is 14.5. The third-order valence-corrected chi connectivity index (χ3v) is 4.94. The topological polar surface area (TPSA) is 109 Å². The summed E-state index contributed by atoms with van der Waals surface area (Å²) in [6.45, 7) is 1.79. The molecule has 0 bridgehead atoms. The van der Waals surface area contributed by atoms with Gasteiger partial charge in [0.05, 0.1) is 5.54 Å². The van der Waals surface area contributed by atoms with Crippen molar-refractivity contribution in [1.29, 1.82) is 0 Å². The number of halogens is 1. The summed E-state index contributed by atoms with van der Waals surface area (Å²) in [5.74, 6) is 1.19. The van der Waals surface area contributed by atoms with Crippen LogP contribution in [0.3, 0.4) is 0 Å². The number of hydrogen-bond acceptors (Lipinski definition) is 7. The second kappa shape index (κ2) is 6.56. The standard InChI is InChI=1S/C17H20FN7O/c1-11-21-23-24-25(11)14(10-12-5-4-6-13(18)9-12)15-20-16(22-26-15)17(19)7-2-3-8-17/h4-6,9,14H,2-3,7-8,10,19H2,1H3. The minimum Gasteiger partial charge on any atom is -0.337 e. The number of aromatic nitrogens is 6. The van der Waals surface area contributed by atoms with Crippen molar-refractivity contribution >= 4 is 0 Å². The van der Waals surface area contributed by atoms with E-state index in [-0.39, 0.29) is 5.82 Å². The van der Waals surface area contributed by atoms with E-state index in [0.29, 0.717) is 24.0 Å². The average Bonchev–Trinajstić information content (AvgIpc) is 3.34. The lowest BCUT2D eigenvalue weighted by Gasteiger charge is -2.18. The van der Waals surface area contributed by atoms with Crippen LogP contribution in [0.4, 0.5) is 4.39 Å². The first-order valence-corrected chi connectivity index (χ1v) is 8.67. The summed E-state index contributed by atoms with van der Waals surface area (Å²) >= 11 is 0. The Bertz CT molecular complexity index is 900. The van der Waals surface area contributed by atoms with Crippen LogP contribution in [0.15, 0.2) is 28.8 Å². The van der Waals surface area contributed by atoms with Crippen LogP contribution in [0.25, 0.3) is 0 Å². The van der Waals surface area contributed by atoms with E-state index >= 15 is 0 Å². The molecule has 0 amide bonds. The molecule has 1 aliphatic carbocycles. The Kier molecular flexibility index (Phi) is 4.23. The fraction of sp³-hybridized carbons (Fsp3) is 0.471. The monoisotopic (exact) mass is 357 g/mol. The molecule has 9 heteroatoms. The molecule has 0 spiro atoms. The molecule has 8 nitrogen and oxygen atoms in total. The quantitative estimate of drug-likeness (QED) is 0.744. The Labute approximate surface area is 149 Å². The van der Waals surface area contributed by atoms with E-state index in [0.717, 1.165) is 31.2 Å². The number of nitrogens with two attached hydrogens (primary N) is 1. The highest BCUT2D eigenvalue weighted by Gasteiger charge is 2.37. The number of benzene rings is 1. The molecule has 1 atom stereocenters. The Morgan fingerprint density at radius 3 is 2.85 bits per heavy atom. The summed E-state index contributed by atoms with van der Waals surface area (Å²) in [6.07, 6.45) is 4.20. The molecule has 0 radical (unpaired) electrons. The van der Waals surface area contributed by atoms with Crippen LogP contribution in [0, 0.1) is 12.7 Å². The second-order valence-electron chi connectivity index (χ2n) is 6.84. The lowest BCUT2D eigenvalue weighted by molar-refractivity contribution is 0.309. The Balaban J connectivity index is 1.69. The average molecular weight is 357 g/mol. The molecule has 1 aromatic carbocycles. The zero-order valence-electron chi connectivity index (χ0n) is 14.5. The molecule has 0 saturated heterocycles. The van der Waals surface area contributed by atoms with E-state index in [1.165, 1.54) is 12.1 Å². The minimum atomic E-state index is -0.541. The Morgan fingerprint density at radius 2 is 2.15 bits per heavy atom. The second-order valence-corrected chi connectivity index (χ2v) is 6.84. The van der Waals surface area contributed by atoms with Crippen molar-refractivity contribution in [3.63, 3.8) is 0 Å². The highest BCUT2D eigenvalue weighted by molar-refractivity contribution is 5.19. The fourth-order valence-corrected chi connectivity index (χ4v) is 3.49. The van der Waals surface area contributed by atoms with Gasteiger partial charge in [0.1, 0.15) is 17.7 Å². The van der Waals surface area contributed by atoms with E-state index in [9.17, 15) is 4.39 Å². The van der Waals surface area contributed by atoms with E-state index in [4.69, 9.17) is 10.3 Å². The van der Waals surface area contributed by atoms with Gasteiger partial charge in [0.25, 0.3) is 5.89 Å². The van der Waals surface area contributed by atoms with Crippen molar-refractivity contribution in [1.82, 2.24) is 30.3 Å². The maximum atomic E-state index is 13.6. The SMILES string of the molecule is Cc1nnnn1C(Cc1cccc(F)c1)c1nc(C2(N)CCCC2)no1. The van der Waals surface area contributed by atoms with Crippen LogP contribution >= 0.6 is 0 Å². The van der Waals surface area contributed by atoms with Crippen LogP contribution in [-0.2, 0) is 12.0 Å². The summed E-state index contributed by atoms with van der Waals surface area (Å²) in [4.78, 5) is 4.57. The molecule has 3 aromatic rings. The molecular formula is C17H20FN7O. The molecule has 0 aliphatic heterocycles. The summed E-state index contributed by atoms with van der Waals surface area (Å²) < 4.78 is 20.7. The first-order chi connectivity index (χ1) is 12.5. The normalized spacial score (nSPS) is 17.5. The van der Waals surface area contributed by atoms with Gasteiger partial charge in [0.15, 0.2) is 5.82 Å².